The third-order valence-corrected chi connectivity index (χ3v) is 6.37. The molecule has 5 rings (SSSR count). The van der Waals surface area contributed by atoms with Crippen LogP contribution < -0.4 is 4.74 Å². The maximum Gasteiger partial charge on any atom is 0.129 e. The van der Waals surface area contributed by atoms with Gasteiger partial charge in [-0.1, -0.05) is 54.6 Å². The number of thiophene rings is 1. The first-order valence-corrected chi connectivity index (χ1v) is 10.6. The normalized spacial score (nSPS) is 11.2. The minimum absolute atomic E-state index is 0.551. The van der Waals surface area contributed by atoms with Crippen LogP contribution in [-0.2, 0) is 6.61 Å². The van der Waals surface area contributed by atoms with Crippen molar-refractivity contribution < 1.29 is 4.74 Å². The van der Waals surface area contributed by atoms with Crippen molar-refractivity contribution in [2.45, 2.75) is 20.5 Å². The van der Waals surface area contributed by atoms with Gasteiger partial charge >= 0.3 is 0 Å². The summed E-state index contributed by atoms with van der Waals surface area (Å²) >= 11 is 1.83. The van der Waals surface area contributed by atoms with Crippen molar-refractivity contribution in [3.63, 3.8) is 0 Å². The van der Waals surface area contributed by atoms with Gasteiger partial charge in [0.15, 0.2) is 0 Å². The SMILES string of the molecule is Cc1sc2ccccc2c1-c1ccc2c(OCc3ccccc3)ccc(C)c2n1. The predicted molar refractivity (Wildman–Crippen MR) is 123 cm³/mol. The molecule has 2 nitrogen and oxygen atoms in total. The van der Waals surface area contributed by atoms with Crippen molar-refractivity contribution >= 4 is 32.3 Å². The number of aromatic nitrogens is 1. The van der Waals surface area contributed by atoms with Crippen LogP contribution >= 0.6 is 11.3 Å². The van der Waals surface area contributed by atoms with E-state index in [1.54, 1.807) is 0 Å². The van der Waals surface area contributed by atoms with Crippen molar-refractivity contribution in [3.8, 4) is 17.0 Å². The highest BCUT2D eigenvalue weighted by molar-refractivity contribution is 7.19. The van der Waals surface area contributed by atoms with Crippen LogP contribution in [0.2, 0.25) is 0 Å². The summed E-state index contributed by atoms with van der Waals surface area (Å²) in [7, 11) is 0. The number of nitrogens with zero attached hydrogens (tertiary/aromatic N) is 1. The highest BCUT2D eigenvalue weighted by Crippen LogP contribution is 2.39. The Morgan fingerprint density at radius 3 is 2.45 bits per heavy atom. The van der Waals surface area contributed by atoms with E-state index in [4.69, 9.17) is 9.72 Å². The van der Waals surface area contributed by atoms with E-state index in [1.807, 2.05) is 35.6 Å². The average molecular weight is 396 g/mol. The van der Waals surface area contributed by atoms with Crippen LogP contribution in [0.5, 0.6) is 5.75 Å². The molecule has 3 heteroatoms. The third-order valence-electron chi connectivity index (χ3n) is 5.28. The molecule has 2 aromatic heterocycles. The van der Waals surface area contributed by atoms with Crippen LogP contribution in [-0.4, -0.2) is 4.98 Å². The first kappa shape index (κ1) is 17.9. The molecule has 0 aliphatic carbocycles. The molecule has 0 aliphatic rings. The van der Waals surface area contributed by atoms with E-state index in [1.165, 1.54) is 20.5 Å². The molecule has 3 aromatic carbocycles. The fourth-order valence-corrected chi connectivity index (χ4v) is 4.89. The van der Waals surface area contributed by atoms with Crippen molar-refractivity contribution in [2.75, 3.05) is 0 Å². The summed E-state index contributed by atoms with van der Waals surface area (Å²) in [6.45, 7) is 4.84. The number of benzene rings is 3. The maximum absolute atomic E-state index is 6.15. The van der Waals surface area contributed by atoms with Gasteiger partial charge in [0.2, 0.25) is 0 Å². The summed E-state index contributed by atoms with van der Waals surface area (Å²) in [6, 6.07) is 27.2. The minimum atomic E-state index is 0.551. The fraction of sp³-hybridized carbons (Fsp3) is 0.115. The van der Waals surface area contributed by atoms with E-state index in [0.717, 1.165) is 33.5 Å². The smallest absolute Gasteiger partial charge is 0.129 e. The van der Waals surface area contributed by atoms with Crippen molar-refractivity contribution in [1.29, 1.82) is 0 Å². The van der Waals surface area contributed by atoms with Crippen molar-refractivity contribution in [3.05, 3.63) is 94.9 Å². The van der Waals surface area contributed by atoms with Gasteiger partial charge in [0.25, 0.3) is 0 Å². The molecular weight excluding hydrogens is 374 g/mol. The molecule has 0 radical (unpaired) electrons. The topological polar surface area (TPSA) is 22.1 Å². The van der Waals surface area contributed by atoms with Gasteiger partial charge in [-0.3, -0.25) is 0 Å². The van der Waals surface area contributed by atoms with Gasteiger partial charge in [0.1, 0.15) is 12.4 Å². The number of pyridine rings is 1. The number of aryl methyl sites for hydroxylation is 2. The summed E-state index contributed by atoms with van der Waals surface area (Å²) < 4.78 is 7.45. The second kappa shape index (κ2) is 7.34. The molecule has 0 saturated carbocycles. The van der Waals surface area contributed by atoms with Gasteiger partial charge in [-0.25, -0.2) is 4.98 Å². The van der Waals surface area contributed by atoms with Gasteiger partial charge in [0.05, 0.1) is 11.2 Å². The molecule has 142 valence electrons. The highest BCUT2D eigenvalue weighted by Gasteiger charge is 2.14. The molecule has 0 unspecified atom stereocenters. The van der Waals surface area contributed by atoms with E-state index >= 15 is 0 Å². The molecule has 0 saturated heterocycles. The Labute approximate surface area is 174 Å². The third kappa shape index (κ3) is 3.28. The van der Waals surface area contributed by atoms with E-state index in [9.17, 15) is 0 Å². The molecule has 0 spiro atoms. The maximum atomic E-state index is 6.15. The number of hydrogen-bond donors (Lipinski definition) is 0. The van der Waals surface area contributed by atoms with Crippen LogP contribution in [0, 0.1) is 13.8 Å². The lowest BCUT2D eigenvalue weighted by molar-refractivity contribution is 0.310. The predicted octanol–water partition coefficient (Wildman–Crippen LogP) is 7.31. The zero-order valence-electron chi connectivity index (χ0n) is 16.5. The molecule has 0 aliphatic heterocycles. The molecule has 0 amide bonds. The number of ether oxygens (including phenoxy) is 1. The van der Waals surface area contributed by atoms with E-state index in [2.05, 4.69) is 68.4 Å². The molecule has 0 atom stereocenters. The van der Waals surface area contributed by atoms with Gasteiger partial charge in [0, 0.05) is 25.9 Å². The first-order valence-electron chi connectivity index (χ1n) is 9.76. The minimum Gasteiger partial charge on any atom is -0.488 e. The number of rotatable bonds is 4. The Balaban J connectivity index is 1.58. The zero-order valence-corrected chi connectivity index (χ0v) is 17.3. The van der Waals surface area contributed by atoms with Crippen molar-refractivity contribution in [1.82, 2.24) is 4.98 Å². The molecule has 29 heavy (non-hydrogen) atoms. The summed E-state index contributed by atoms with van der Waals surface area (Å²) in [5, 5.41) is 2.33. The molecule has 0 bridgehead atoms. The first-order chi connectivity index (χ1) is 14.2. The summed E-state index contributed by atoms with van der Waals surface area (Å²) in [5.74, 6) is 0.875. The van der Waals surface area contributed by atoms with Gasteiger partial charge in [-0.15, -0.1) is 11.3 Å². The second-order valence-electron chi connectivity index (χ2n) is 7.28. The Bertz CT molecular complexity index is 1320. The van der Waals surface area contributed by atoms with Crippen LogP contribution in [0.3, 0.4) is 0 Å². The van der Waals surface area contributed by atoms with Gasteiger partial charge < -0.3 is 4.74 Å². The molecular formula is C26H21NOS. The van der Waals surface area contributed by atoms with Crippen LogP contribution in [0.1, 0.15) is 16.0 Å². The number of hydrogen-bond acceptors (Lipinski definition) is 3. The Morgan fingerprint density at radius 2 is 1.59 bits per heavy atom. The van der Waals surface area contributed by atoms with Crippen LogP contribution in [0.4, 0.5) is 0 Å². The van der Waals surface area contributed by atoms with Crippen LogP contribution in [0.15, 0.2) is 78.9 Å². The molecule has 0 fully saturated rings. The second-order valence-corrected chi connectivity index (χ2v) is 8.53. The van der Waals surface area contributed by atoms with E-state index < -0.39 is 0 Å². The lowest BCUT2D eigenvalue weighted by Crippen LogP contribution is -1.97. The fourth-order valence-electron chi connectivity index (χ4n) is 3.81. The lowest BCUT2D eigenvalue weighted by Gasteiger charge is -2.12. The Morgan fingerprint density at radius 1 is 0.793 bits per heavy atom. The molecule has 0 N–H and O–H groups in total. The molecule has 5 aromatic rings. The largest absolute Gasteiger partial charge is 0.488 e. The summed E-state index contributed by atoms with van der Waals surface area (Å²) in [5.41, 5.74) is 5.58. The lowest BCUT2D eigenvalue weighted by atomic mass is 10.0. The summed E-state index contributed by atoms with van der Waals surface area (Å²) in [6.07, 6.45) is 0. The van der Waals surface area contributed by atoms with Gasteiger partial charge in [-0.2, -0.15) is 0 Å². The van der Waals surface area contributed by atoms with Crippen LogP contribution in [0.25, 0.3) is 32.2 Å². The monoisotopic (exact) mass is 395 g/mol. The van der Waals surface area contributed by atoms with Gasteiger partial charge in [-0.05, 0) is 49.2 Å². The van der Waals surface area contributed by atoms with E-state index in [-0.39, 0.29) is 0 Å². The Kier molecular flexibility index (Phi) is 4.53. The Hall–Kier alpha value is -3.17. The summed E-state index contributed by atoms with van der Waals surface area (Å²) in [4.78, 5) is 6.37. The highest BCUT2D eigenvalue weighted by atomic mass is 32.1. The van der Waals surface area contributed by atoms with E-state index in [0.29, 0.717) is 6.61 Å². The average Bonchev–Trinajstić information content (AvgIpc) is 3.09. The van der Waals surface area contributed by atoms with Crippen molar-refractivity contribution in [2.24, 2.45) is 0 Å². The number of fused-ring (bicyclic) bond motifs is 2. The zero-order chi connectivity index (χ0) is 19.8. The standard InChI is InChI=1S/C26H21NOS/c1-17-12-15-23(28-16-19-8-4-3-5-9-19)20-13-14-22(27-26(17)20)25-18(2)29-24-11-7-6-10-21(24)25/h3-15H,16H2,1-2H3. The quantitative estimate of drug-likeness (QED) is 0.318. The molecule has 2 heterocycles.